The zero-order chi connectivity index (χ0) is 32.2. The van der Waals surface area contributed by atoms with Crippen LogP contribution < -0.4 is 10.2 Å². The number of halogens is 3. The van der Waals surface area contributed by atoms with Crippen molar-refractivity contribution in [2.24, 2.45) is 5.92 Å². The van der Waals surface area contributed by atoms with Crippen molar-refractivity contribution in [1.82, 2.24) is 14.5 Å². The van der Waals surface area contributed by atoms with Crippen molar-refractivity contribution >= 4 is 36.4 Å². The summed E-state index contributed by atoms with van der Waals surface area (Å²) in [5.41, 5.74) is 3.18. The monoisotopic (exact) mass is 643 g/mol. The van der Waals surface area contributed by atoms with Gasteiger partial charge in [0, 0.05) is 58.1 Å². The maximum atomic E-state index is 14.2. The summed E-state index contributed by atoms with van der Waals surface area (Å²) < 4.78 is 56.6. The number of nitrogens with zero attached hydrogens (tertiary/aromatic N) is 4. The number of hydrogen-bond donors (Lipinski definition) is 1. The van der Waals surface area contributed by atoms with Crippen LogP contribution in [0.25, 0.3) is 22.2 Å². The Bertz CT molecular complexity index is 1460. The summed E-state index contributed by atoms with van der Waals surface area (Å²) in [6.45, 7) is 14.8. The SMILES string of the molecule is C=CC(=O)N1CCC(C(Nc2ccc(-c3cc4c(N5CCOCC5)nccc4n3COCC[Si](C)(C)C)cc2)C(F)(F)F)CC1. The maximum Gasteiger partial charge on any atom is 0.408 e. The van der Waals surface area contributed by atoms with Crippen LogP contribution in [0.4, 0.5) is 24.7 Å². The molecule has 2 saturated heterocycles. The first-order valence-corrected chi connectivity index (χ1v) is 19.4. The predicted octanol–water partition coefficient (Wildman–Crippen LogP) is 6.62. The van der Waals surface area contributed by atoms with Gasteiger partial charge in [-0.2, -0.15) is 13.2 Å². The summed E-state index contributed by atoms with van der Waals surface area (Å²) in [4.78, 5) is 20.4. The molecule has 1 atom stereocenters. The number of aromatic nitrogens is 2. The number of nitrogens with one attached hydrogen (secondary N) is 1. The normalized spacial score (nSPS) is 17.5. The van der Waals surface area contributed by atoms with Gasteiger partial charge in [0.15, 0.2) is 0 Å². The highest BCUT2D eigenvalue weighted by molar-refractivity contribution is 6.76. The number of morpholine rings is 1. The molecule has 1 unspecified atom stereocenters. The molecule has 2 aliphatic heterocycles. The number of fused-ring (bicyclic) bond motifs is 1. The molecule has 0 radical (unpaired) electrons. The van der Waals surface area contributed by atoms with Crippen molar-refractivity contribution in [2.45, 2.75) is 57.5 Å². The number of carbonyl (C=O) groups is 1. The van der Waals surface area contributed by atoms with E-state index in [4.69, 9.17) is 14.5 Å². The molecule has 0 aliphatic carbocycles. The van der Waals surface area contributed by atoms with Gasteiger partial charge in [-0.3, -0.25) is 4.79 Å². The highest BCUT2D eigenvalue weighted by Crippen LogP contribution is 2.36. The maximum absolute atomic E-state index is 14.2. The number of amides is 1. The molecule has 8 nitrogen and oxygen atoms in total. The lowest BCUT2D eigenvalue weighted by molar-refractivity contribution is -0.157. The van der Waals surface area contributed by atoms with E-state index in [-0.39, 0.29) is 31.8 Å². The second kappa shape index (κ2) is 14.0. The first-order chi connectivity index (χ1) is 21.4. The van der Waals surface area contributed by atoms with Gasteiger partial charge in [-0.15, -0.1) is 0 Å². The van der Waals surface area contributed by atoms with E-state index in [0.717, 1.165) is 47.1 Å². The van der Waals surface area contributed by atoms with Gasteiger partial charge in [0.25, 0.3) is 0 Å². The number of ether oxygens (including phenoxy) is 2. The minimum Gasteiger partial charge on any atom is -0.378 e. The van der Waals surface area contributed by atoms with Gasteiger partial charge >= 0.3 is 6.18 Å². The molecule has 1 N–H and O–H groups in total. The molecular weight excluding hydrogens is 599 g/mol. The van der Waals surface area contributed by atoms with Gasteiger partial charge in [0.1, 0.15) is 18.6 Å². The largest absolute Gasteiger partial charge is 0.408 e. The third-order valence-corrected chi connectivity index (χ3v) is 10.4. The minimum absolute atomic E-state index is 0.243. The Labute approximate surface area is 264 Å². The van der Waals surface area contributed by atoms with E-state index < -0.39 is 26.2 Å². The molecule has 2 aliphatic rings. The topological polar surface area (TPSA) is 71.9 Å². The average molecular weight is 644 g/mol. The lowest BCUT2D eigenvalue weighted by Crippen LogP contribution is -2.48. The summed E-state index contributed by atoms with van der Waals surface area (Å²) in [5.74, 6) is 0.0119. The standard InChI is InChI=1S/C33H44F3N5O3Si/c1-5-30(42)39-14-11-25(12-15-39)31(33(34,35)36)38-26-8-6-24(7-9-26)29-22-27-28(41(29)23-44-20-21-45(2,3)4)10-13-37-32(27)40-16-18-43-19-17-40/h5-10,13,22,25,31,38H,1,11-12,14-21,23H2,2-4H3. The number of anilines is 2. The second-order valence-corrected chi connectivity index (χ2v) is 18.7. The summed E-state index contributed by atoms with van der Waals surface area (Å²) >= 11 is 0. The van der Waals surface area contributed by atoms with Crippen LogP contribution in [0.1, 0.15) is 12.8 Å². The Balaban J connectivity index is 1.40. The van der Waals surface area contributed by atoms with Crippen molar-refractivity contribution in [3.63, 3.8) is 0 Å². The summed E-state index contributed by atoms with van der Waals surface area (Å²) in [6.07, 6.45) is -0.868. The zero-order valence-electron chi connectivity index (χ0n) is 26.4. The number of carbonyl (C=O) groups excluding carboxylic acids is 1. The molecule has 1 amide bonds. The fourth-order valence-electron chi connectivity index (χ4n) is 6.08. The van der Waals surface area contributed by atoms with E-state index in [2.05, 4.69) is 47.1 Å². The van der Waals surface area contributed by atoms with Crippen LogP contribution in [0.15, 0.2) is 55.3 Å². The number of alkyl halides is 3. The molecule has 2 aromatic heterocycles. The van der Waals surface area contributed by atoms with Crippen LogP contribution in [0.3, 0.4) is 0 Å². The molecule has 12 heteroatoms. The molecule has 5 rings (SSSR count). The van der Waals surface area contributed by atoms with Crippen molar-refractivity contribution in [3.05, 3.63) is 55.3 Å². The van der Waals surface area contributed by atoms with Crippen LogP contribution in [-0.2, 0) is 21.0 Å². The van der Waals surface area contributed by atoms with Crippen molar-refractivity contribution < 1.29 is 27.4 Å². The average Bonchev–Trinajstić information content (AvgIpc) is 3.40. The molecule has 0 saturated carbocycles. The van der Waals surface area contributed by atoms with Crippen molar-refractivity contribution in [1.29, 1.82) is 0 Å². The Morgan fingerprint density at radius 1 is 1.13 bits per heavy atom. The first kappa shape index (κ1) is 33.0. The van der Waals surface area contributed by atoms with Gasteiger partial charge in [0.05, 0.1) is 24.4 Å². The number of likely N-dealkylation sites (tertiary alicyclic amines) is 1. The summed E-state index contributed by atoms with van der Waals surface area (Å²) in [5, 5.41) is 3.77. The molecule has 0 bridgehead atoms. The summed E-state index contributed by atoms with van der Waals surface area (Å²) in [6, 6.07) is 10.6. The first-order valence-electron chi connectivity index (χ1n) is 15.7. The third kappa shape index (κ3) is 8.09. The molecule has 2 fully saturated rings. The van der Waals surface area contributed by atoms with Gasteiger partial charge in [-0.1, -0.05) is 38.4 Å². The highest BCUT2D eigenvalue weighted by Gasteiger charge is 2.45. The molecular formula is C33H44F3N5O3Si. The van der Waals surface area contributed by atoms with Crippen LogP contribution in [-0.4, -0.2) is 86.6 Å². The van der Waals surface area contributed by atoms with E-state index in [9.17, 15) is 18.0 Å². The predicted molar refractivity (Wildman–Crippen MR) is 175 cm³/mol. The highest BCUT2D eigenvalue weighted by atomic mass is 28.3. The molecule has 0 spiro atoms. The summed E-state index contributed by atoms with van der Waals surface area (Å²) in [7, 11) is -1.27. The van der Waals surface area contributed by atoms with Crippen molar-refractivity contribution in [3.8, 4) is 11.3 Å². The van der Waals surface area contributed by atoms with Gasteiger partial charge < -0.3 is 29.2 Å². The van der Waals surface area contributed by atoms with E-state index in [1.165, 1.54) is 6.08 Å². The molecule has 3 aromatic rings. The second-order valence-electron chi connectivity index (χ2n) is 13.1. The smallest absolute Gasteiger partial charge is 0.378 e. The number of piperidine rings is 1. The van der Waals surface area contributed by atoms with Gasteiger partial charge in [-0.05, 0) is 60.7 Å². The molecule has 4 heterocycles. The zero-order valence-corrected chi connectivity index (χ0v) is 27.4. The molecule has 244 valence electrons. The Morgan fingerprint density at radius 2 is 1.82 bits per heavy atom. The number of pyridine rings is 1. The van der Waals surface area contributed by atoms with Crippen LogP contribution in [0, 0.1) is 5.92 Å². The number of benzene rings is 1. The Kier molecular flexibility index (Phi) is 10.2. The fourth-order valence-corrected chi connectivity index (χ4v) is 6.83. The molecule has 45 heavy (non-hydrogen) atoms. The lowest BCUT2D eigenvalue weighted by Gasteiger charge is -2.37. The van der Waals surface area contributed by atoms with Gasteiger partial charge in [-0.25, -0.2) is 4.98 Å². The van der Waals surface area contributed by atoms with Crippen molar-refractivity contribution in [2.75, 3.05) is 56.2 Å². The Hall–Kier alpha value is -3.35. The van der Waals surface area contributed by atoms with Crippen LogP contribution in [0.5, 0.6) is 0 Å². The number of rotatable bonds is 11. The lowest BCUT2D eigenvalue weighted by atomic mass is 9.88. The van der Waals surface area contributed by atoms with Crippen LogP contribution in [0.2, 0.25) is 25.7 Å². The molecule has 1 aromatic carbocycles. The fraction of sp³-hybridized carbons (Fsp3) is 0.515. The van der Waals surface area contributed by atoms with Crippen LogP contribution >= 0.6 is 0 Å². The van der Waals surface area contributed by atoms with E-state index in [1.807, 2.05) is 24.4 Å². The Morgan fingerprint density at radius 3 is 2.44 bits per heavy atom. The van der Waals surface area contributed by atoms with Gasteiger partial charge in [0.2, 0.25) is 5.91 Å². The van der Waals surface area contributed by atoms with E-state index in [1.54, 1.807) is 17.0 Å². The third-order valence-electron chi connectivity index (χ3n) is 8.69. The number of hydrogen-bond acceptors (Lipinski definition) is 6. The quantitative estimate of drug-likeness (QED) is 0.144. The van der Waals surface area contributed by atoms with E-state index >= 15 is 0 Å². The van der Waals surface area contributed by atoms with E-state index in [0.29, 0.717) is 32.2 Å². The minimum atomic E-state index is -4.43.